The van der Waals surface area contributed by atoms with E-state index in [0.717, 1.165) is 0 Å². The van der Waals surface area contributed by atoms with Gasteiger partial charge in [0.25, 0.3) is 5.91 Å². The van der Waals surface area contributed by atoms with Crippen LogP contribution in [0.15, 0.2) is 45.2 Å². The number of furan rings is 1. The van der Waals surface area contributed by atoms with Gasteiger partial charge in [0.2, 0.25) is 0 Å². The second-order valence-corrected chi connectivity index (χ2v) is 4.44. The van der Waals surface area contributed by atoms with Gasteiger partial charge < -0.3 is 4.42 Å². The van der Waals surface area contributed by atoms with Crippen molar-refractivity contribution in [2.75, 3.05) is 0 Å². The number of hydrazone groups is 1. The van der Waals surface area contributed by atoms with Crippen LogP contribution in [0.3, 0.4) is 0 Å². The molecule has 0 saturated carbocycles. The van der Waals surface area contributed by atoms with Gasteiger partial charge in [-0.2, -0.15) is 5.10 Å². The van der Waals surface area contributed by atoms with Crippen molar-refractivity contribution in [3.8, 4) is 0 Å². The van der Waals surface area contributed by atoms with Crippen molar-refractivity contribution in [1.29, 1.82) is 0 Å². The van der Waals surface area contributed by atoms with Crippen molar-refractivity contribution in [2.45, 2.75) is 0 Å². The van der Waals surface area contributed by atoms with E-state index in [1.54, 1.807) is 17.5 Å². The largest absolute Gasteiger partial charge is 0.433 e. The van der Waals surface area contributed by atoms with E-state index in [1.807, 2.05) is 0 Å². The molecule has 1 amide bonds. The summed E-state index contributed by atoms with van der Waals surface area (Å²) in [6, 6.07) is 6.18. The average molecular weight is 291 g/mol. The molecule has 0 aliphatic rings. The summed E-state index contributed by atoms with van der Waals surface area (Å²) in [7, 11) is 0. The van der Waals surface area contributed by atoms with Crippen LogP contribution in [0.1, 0.15) is 15.4 Å². The van der Waals surface area contributed by atoms with Gasteiger partial charge in [-0.3, -0.25) is 14.9 Å². The number of nitrogens with one attached hydrogen (secondary N) is 1. The third-order valence-electron chi connectivity index (χ3n) is 2.12. The molecule has 2 aromatic heterocycles. The molecule has 0 unspecified atom stereocenters. The lowest BCUT2D eigenvalue weighted by atomic mass is 10.4. The predicted molar refractivity (Wildman–Crippen MR) is 74.7 cm³/mol. The number of hydrogen-bond acceptors (Lipinski definition) is 6. The van der Waals surface area contributed by atoms with E-state index in [0.29, 0.717) is 10.6 Å². The molecule has 0 aliphatic heterocycles. The monoisotopic (exact) mass is 291 g/mol. The van der Waals surface area contributed by atoms with Gasteiger partial charge in [0.05, 0.1) is 10.9 Å². The van der Waals surface area contributed by atoms with E-state index >= 15 is 0 Å². The zero-order valence-corrected chi connectivity index (χ0v) is 10.9. The molecule has 8 heteroatoms. The fourth-order valence-corrected chi connectivity index (χ4v) is 1.88. The van der Waals surface area contributed by atoms with Gasteiger partial charge in [0.15, 0.2) is 0 Å². The molecule has 0 spiro atoms. The quantitative estimate of drug-likeness (QED) is 0.520. The Kier molecular flexibility index (Phi) is 4.40. The summed E-state index contributed by atoms with van der Waals surface area (Å²) < 4.78 is 4.90. The van der Waals surface area contributed by atoms with Crippen molar-refractivity contribution in [2.24, 2.45) is 5.10 Å². The van der Waals surface area contributed by atoms with Gasteiger partial charge in [-0.15, -0.1) is 11.3 Å². The maximum atomic E-state index is 11.5. The van der Waals surface area contributed by atoms with Crippen LogP contribution in [0, 0.1) is 10.1 Å². The van der Waals surface area contributed by atoms with Gasteiger partial charge in [0, 0.05) is 6.21 Å². The normalized spacial score (nSPS) is 11.2. The van der Waals surface area contributed by atoms with Crippen molar-refractivity contribution >= 4 is 35.4 Å². The van der Waals surface area contributed by atoms with E-state index in [2.05, 4.69) is 10.5 Å². The highest BCUT2D eigenvalue weighted by atomic mass is 32.1. The van der Waals surface area contributed by atoms with Gasteiger partial charge in [-0.25, -0.2) is 5.43 Å². The summed E-state index contributed by atoms with van der Waals surface area (Å²) in [5.74, 6) is -0.293. The number of nitrogens with zero attached hydrogens (tertiary/aromatic N) is 2. The molecule has 0 saturated heterocycles. The maximum Gasteiger partial charge on any atom is 0.433 e. The molecule has 0 fully saturated rings. The van der Waals surface area contributed by atoms with Gasteiger partial charge >= 0.3 is 5.88 Å². The molecule has 102 valence electrons. The van der Waals surface area contributed by atoms with Crippen LogP contribution in [0.5, 0.6) is 0 Å². The van der Waals surface area contributed by atoms with Gasteiger partial charge in [0.1, 0.15) is 10.7 Å². The number of rotatable bonds is 5. The summed E-state index contributed by atoms with van der Waals surface area (Å²) in [5.41, 5.74) is 2.35. The number of amides is 1. The fourth-order valence-electron chi connectivity index (χ4n) is 1.27. The number of carbonyl (C=O) groups excluding carboxylic acids is 1. The average Bonchev–Trinajstić information content (AvgIpc) is 3.09. The minimum absolute atomic E-state index is 0.293. The molecular weight excluding hydrogens is 282 g/mol. The number of nitro groups is 1. The Bertz CT molecular complexity index is 658. The first-order valence-corrected chi connectivity index (χ1v) is 6.32. The summed E-state index contributed by atoms with van der Waals surface area (Å²) in [6.07, 6.45) is 4.34. The lowest BCUT2D eigenvalue weighted by Gasteiger charge is -1.93. The molecule has 0 radical (unpaired) electrons. The maximum absolute atomic E-state index is 11.5. The third-order valence-corrected chi connectivity index (χ3v) is 2.99. The summed E-state index contributed by atoms with van der Waals surface area (Å²) in [4.78, 5) is 21.8. The molecule has 1 N–H and O–H groups in total. The van der Waals surface area contributed by atoms with Crippen LogP contribution in [0.4, 0.5) is 5.88 Å². The summed E-state index contributed by atoms with van der Waals surface area (Å²) >= 11 is 1.31. The second kappa shape index (κ2) is 6.43. The zero-order chi connectivity index (χ0) is 14.4. The molecule has 0 aromatic carbocycles. The standard InChI is InChI=1S/C12H9N3O4S/c16-12(10-4-2-8-20-10)14-13-7-1-3-9-5-6-11(19-9)15(17)18/h1-8H,(H,14,16)/b3-1+,13-7+. The van der Waals surface area contributed by atoms with Crippen molar-refractivity contribution in [3.05, 3.63) is 56.5 Å². The molecule has 0 bridgehead atoms. The molecule has 2 rings (SSSR count). The molecule has 20 heavy (non-hydrogen) atoms. The molecule has 2 aromatic rings. The summed E-state index contributed by atoms with van der Waals surface area (Å²) in [5, 5.41) is 15.9. The number of hydrogen-bond donors (Lipinski definition) is 1. The Balaban J connectivity index is 1.85. The Morgan fingerprint density at radius 1 is 1.45 bits per heavy atom. The molecule has 2 heterocycles. The Morgan fingerprint density at radius 3 is 2.95 bits per heavy atom. The predicted octanol–water partition coefficient (Wildman–Crippen LogP) is 2.68. The van der Waals surface area contributed by atoms with Crippen LogP contribution in [0.25, 0.3) is 6.08 Å². The summed E-state index contributed by atoms with van der Waals surface area (Å²) in [6.45, 7) is 0. The second-order valence-electron chi connectivity index (χ2n) is 3.49. The minimum Gasteiger partial charge on any atom is -0.401 e. The number of thiophene rings is 1. The van der Waals surface area contributed by atoms with Crippen LogP contribution in [-0.2, 0) is 0 Å². The lowest BCUT2D eigenvalue weighted by molar-refractivity contribution is -0.402. The van der Waals surface area contributed by atoms with Crippen molar-refractivity contribution in [3.63, 3.8) is 0 Å². The van der Waals surface area contributed by atoms with E-state index in [9.17, 15) is 14.9 Å². The third kappa shape index (κ3) is 3.62. The highest BCUT2D eigenvalue weighted by Crippen LogP contribution is 2.16. The molecule has 0 atom stereocenters. The molecular formula is C12H9N3O4S. The first-order chi connectivity index (χ1) is 9.66. The van der Waals surface area contributed by atoms with Crippen LogP contribution in [0.2, 0.25) is 0 Å². The van der Waals surface area contributed by atoms with Gasteiger partial charge in [-0.1, -0.05) is 6.07 Å². The Labute approximate surface area is 117 Å². The number of carbonyl (C=O) groups is 1. The van der Waals surface area contributed by atoms with E-state index in [1.165, 1.54) is 41.8 Å². The van der Waals surface area contributed by atoms with E-state index < -0.39 is 4.92 Å². The van der Waals surface area contributed by atoms with Crippen molar-refractivity contribution in [1.82, 2.24) is 5.43 Å². The first kappa shape index (κ1) is 13.7. The smallest absolute Gasteiger partial charge is 0.401 e. The molecule has 0 aliphatic carbocycles. The molecule has 7 nitrogen and oxygen atoms in total. The van der Waals surface area contributed by atoms with Gasteiger partial charge in [-0.05, 0) is 29.7 Å². The van der Waals surface area contributed by atoms with Crippen molar-refractivity contribution < 1.29 is 14.1 Å². The number of allylic oxidation sites excluding steroid dienone is 1. The highest BCUT2D eigenvalue weighted by Gasteiger charge is 2.09. The SMILES string of the molecule is O=C(N/N=C/C=C/c1ccc([N+](=O)[O-])o1)c1cccs1. The first-order valence-electron chi connectivity index (χ1n) is 5.44. The van der Waals surface area contributed by atoms with Crippen LogP contribution < -0.4 is 5.43 Å². The Morgan fingerprint density at radius 2 is 2.30 bits per heavy atom. The van der Waals surface area contributed by atoms with Crippen LogP contribution >= 0.6 is 11.3 Å². The fraction of sp³-hybridized carbons (Fsp3) is 0. The minimum atomic E-state index is -0.618. The zero-order valence-electron chi connectivity index (χ0n) is 10.1. The topological polar surface area (TPSA) is 97.7 Å². The van der Waals surface area contributed by atoms with E-state index in [4.69, 9.17) is 4.42 Å². The van der Waals surface area contributed by atoms with Crippen LogP contribution in [-0.4, -0.2) is 17.0 Å². The lowest BCUT2D eigenvalue weighted by Crippen LogP contribution is -2.15. The van der Waals surface area contributed by atoms with E-state index in [-0.39, 0.29) is 11.8 Å². The Hall–Kier alpha value is -2.74. The highest BCUT2D eigenvalue weighted by molar-refractivity contribution is 7.12.